The van der Waals surface area contributed by atoms with Crippen LogP contribution in [-0.4, -0.2) is 15.5 Å². The van der Waals surface area contributed by atoms with E-state index >= 15 is 0 Å². The molecule has 20 heavy (non-hydrogen) atoms. The van der Waals surface area contributed by atoms with Gasteiger partial charge in [0.05, 0.1) is 17.6 Å². The number of halogens is 1. The number of rotatable bonds is 3. The first-order valence-electron chi connectivity index (χ1n) is 6.45. The molecule has 1 saturated carbocycles. The molecular formula is C14H15BrN4O. The first kappa shape index (κ1) is 13.2. The van der Waals surface area contributed by atoms with E-state index in [1.54, 1.807) is 12.3 Å². The van der Waals surface area contributed by atoms with Crippen molar-refractivity contribution in [3.05, 3.63) is 40.4 Å². The SMILES string of the molecule is Cc1cc(NC(=O)c2cc(N)cn2C2CC2)cnc1Br. The molecule has 5 nitrogen and oxygen atoms in total. The second kappa shape index (κ2) is 4.94. The van der Waals surface area contributed by atoms with E-state index < -0.39 is 0 Å². The van der Waals surface area contributed by atoms with Crippen LogP contribution in [0, 0.1) is 6.92 Å². The van der Waals surface area contributed by atoms with Crippen LogP contribution in [0.1, 0.15) is 34.9 Å². The number of anilines is 2. The predicted molar refractivity (Wildman–Crippen MR) is 81.7 cm³/mol. The summed E-state index contributed by atoms with van der Waals surface area (Å²) in [4.78, 5) is 16.5. The first-order chi connectivity index (χ1) is 9.54. The van der Waals surface area contributed by atoms with E-state index in [4.69, 9.17) is 5.73 Å². The number of pyridine rings is 1. The van der Waals surface area contributed by atoms with Crippen molar-refractivity contribution in [1.82, 2.24) is 9.55 Å². The lowest BCUT2D eigenvalue weighted by Gasteiger charge is -2.09. The van der Waals surface area contributed by atoms with Gasteiger partial charge in [-0.25, -0.2) is 4.98 Å². The molecule has 0 bridgehead atoms. The van der Waals surface area contributed by atoms with Gasteiger partial charge in [0.15, 0.2) is 0 Å². The van der Waals surface area contributed by atoms with Crippen molar-refractivity contribution in [2.24, 2.45) is 0 Å². The van der Waals surface area contributed by atoms with Crippen LogP contribution >= 0.6 is 15.9 Å². The Morgan fingerprint density at radius 2 is 2.25 bits per heavy atom. The summed E-state index contributed by atoms with van der Waals surface area (Å²) >= 11 is 3.34. The zero-order valence-corrected chi connectivity index (χ0v) is 12.6. The number of aromatic nitrogens is 2. The normalized spacial score (nSPS) is 14.3. The summed E-state index contributed by atoms with van der Waals surface area (Å²) in [6, 6.07) is 4.01. The van der Waals surface area contributed by atoms with Gasteiger partial charge in [0.1, 0.15) is 10.3 Å². The zero-order chi connectivity index (χ0) is 14.3. The van der Waals surface area contributed by atoms with E-state index in [0.29, 0.717) is 23.1 Å². The van der Waals surface area contributed by atoms with E-state index in [0.717, 1.165) is 23.0 Å². The van der Waals surface area contributed by atoms with Crippen LogP contribution in [0.4, 0.5) is 11.4 Å². The molecule has 3 rings (SSSR count). The molecule has 1 amide bonds. The molecule has 0 spiro atoms. The molecule has 1 fully saturated rings. The molecule has 0 aromatic carbocycles. The van der Waals surface area contributed by atoms with Crippen LogP contribution in [0.5, 0.6) is 0 Å². The minimum absolute atomic E-state index is 0.155. The molecule has 0 saturated heterocycles. The van der Waals surface area contributed by atoms with Crippen LogP contribution in [0.3, 0.4) is 0 Å². The van der Waals surface area contributed by atoms with Gasteiger partial charge >= 0.3 is 0 Å². The Morgan fingerprint density at radius 3 is 2.90 bits per heavy atom. The van der Waals surface area contributed by atoms with E-state index in [-0.39, 0.29) is 5.91 Å². The summed E-state index contributed by atoms with van der Waals surface area (Å²) in [5.41, 5.74) is 8.67. The summed E-state index contributed by atoms with van der Waals surface area (Å²) < 4.78 is 2.74. The third kappa shape index (κ3) is 2.56. The molecule has 0 radical (unpaired) electrons. The zero-order valence-electron chi connectivity index (χ0n) is 11.1. The van der Waals surface area contributed by atoms with Crippen molar-refractivity contribution >= 4 is 33.2 Å². The second-order valence-corrected chi connectivity index (χ2v) is 5.83. The monoisotopic (exact) mass is 334 g/mol. The van der Waals surface area contributed by atoms with E-state index in [2.05, 4.69) is 26.2 Å². The first-order valence-corrected chi connectivity index (χ1v) is 7.25. The fraction of sp³-hybridized carbons (Fsp3) is 0.286. The Labute approximate surface area is 125 Å². The molecule has 0 atom stereocenters. The molecule has 2 aromatic rings. The molecule has 1 aliphatic carbocycles. The van der Waals surface area contributed by atoms with Gasteiger partial charge in [-0.2, -0.15) is 0 Å². The van der Waals surface area contributed by atoms with Crippen LogP contribution in [0.2, 0.25) is 0 Å². The topological polar surface area (TPSA) is 72.9 Å². The summed E-state index contributed by atoms with van der Waals surface area (Å²) in [6.45, 7) is 1.93. The van der Waals surface area contributed by atoms with Crippen LogP contribution in [-0.2, 0) is 0 Å². The second-order valence-electron chi connectivity index (χ2n) is 5.08. The van der Waals surface area contributed by atoms with Crippen molar-refractivity contribution in [2.75, 3.05) is 11.1 Å². The van der Waals surface area contributed by atoms with E-state index in [9.17, 15) is 4.79 Å². The van der Waals surface area contributed by atoms with E-state index in [1.165, 1.54) is 0 Å². The lowest BCUT2D eigenvalue weighted by molar-refractivity contribution is 0.101. The number of aryl methyl sites for hydroxylation is 1. The Hall–Kier alpha value is -1.82. The minimum atomic E-state index is -0.155. The fourth-order valence-corrected chi connectivity index (χ4v) is 2.38. The molecule has 2 aromatic heterocycles. The highest BCUT2D eigenvalue weighted by Crippen LogP contribution is 2.37. The third-order valence-electron chi connectivity index (χ3n) is 3.31. The lowest BCUT2D eigenvalue weighted by atomic mass is 10.3. The van der Waals surface area contributed by atoms with Gasteiger partial charge in [0.25, 0.3) is 5.91 Å². The van der Waals surface area contributed by atoms with Crippen molar-refractivity contribution in [2.45, 2.75) is 25.8 Å². The van der Waals surface area contributed by atoms with Gasteiger partial charge in [-0.15, -0.1) is 0 Å². The largest absolute Gasteiger partial charge is 0.397 e. The molecule has 0 unspecified atom stereocenters. The quantitative estimate of drug-likeness (QED) is 0.847. The minimum Gasteiger partial charge on any atom is -0.397 e. The molecule has 104 valence electrons. The van der Waals surface area contributed by atoms with Gasteiger partial charge in [0, 0.05) is 12.2 Å². The maximum Gasteiger partial charge on any atom is 0.272 e. The number of carbonyl (C=O) groups is 1. The average molecular weight is 335 g/mol. The summed E-state index contributed by atoms with van der Waals surface area (Å²) in [6.07, 6.45) is 5.67. The number of hydrogen-bond acceptors (Lipinski definition) is 3. The third-order valence-corrected chi connectivity index (χ3v) is 4.15. The number of nitrogens with one attached hydrogen (secondary N) is 1. The smallest absolute Gasteiger partial charge is 0.272 e. The Balaban J connectivity index is 1.84. The lowest BCUT2D eigenvalue weighted by Crippen LogP contribution is -2.16. The van der Waals surface area contributed by atoms with E-state index in [1.807, 2.05) is 23.8 Å². The van der Waals surface area contributed by atoms with Crippen molar-refractivity contribution in [1.29, 1.82) is 0 Å². The molecule has 3 N–H and O–H groups in total. The highest BCUT2D eigenvalue weighted by atomic mass is 79.9. The van der Waals surface area contributed by atoms with Gasteiger partial charge < -0.3 is 15.6 Å². The maximum atomic E-state index is 12.3. The number of nitrogens with two attached hydrogens (primary N) is 1. The molecular weight excluding hydrogens is 320 g/mol. The number of carbonyl (C=O) groups excluding carboxylic acids is 1. The predicted octanol–water partition coefficient (Wildman–Crippen LogP) is 3.12. The van der Waals surface area contributed by atoms with Gasteiger partial charge in [-0.05, 0) is 53.4 Å². The standard InChI is InChI=1S/C14H15BrN4O/c1-8-4-10(6-17-13(8)15)18-14(20)12-5-9(16)7-19(12)11-2-3-11/h4-7,11H,2-3,16H2,1H3,(H,18,20). The molecule has 6 heteroatoms. The average Bonchev–Trinajstić information content (AvgIpc) is 3.17. The number of amides is 1. The van der Waals surface area contributed by atoms with Crippen LogP contribution in [0.25, 0.3) is 0 Å². The molecule has 1 aliphatic rings. The Kier molecular flexibility index (Phi) is 3.25. The van der Waals surface area contributed by atoms with Crippen LogP contribution < -0.4 is 11.1 Å². The summed E-state index contributed by atoms with van der Waals surface area (Å²) in [5, 5.41) is 2.86. The van der Waals surface area contributed by atoms with Crippen molar-refractivity contribution in [3.8, 4) is 0 Å². The Morgan fingerprint density at radius 1 is 1.50 bits per heavy atom. The number of hydrogen-bond donors (Lipinski definition) is 2. The van der Waals surface area contributed by atoms with Crippen molar-refractivity contribution < 1.29 is 4.79 Å². The number of nitrogens with zero attached hydrogens (tertiary/aromatic N) is 2. The highest BCUT2D eigenvalue weighted by Gasteiger charge is 2.27. The van der Waals surface area contributed by atoms with Gasteiger partial charge in [0.2, 0.25) is 0 Å². The Bertz CT molecular complexity index is 676. The fourth-order valence-electron chi connectivity index (χ4n) is 2.16. The van der Waals surface area contributed by atoms with Crippen molar-refractivity contribution in [3.63, 3.8) is 0 Å². The van der Waals surface area contributed by atoms with Gasteiger partial charge in [-0.1, -0.05) is 0 Å². The molecule has 2 heterocycles. The van der Waals surface area contributed by atoms with Crippen LogP contribution in [0.15, 0.2) is 29.1 Å². The highest BCUT2D eigenvalue weighted by molar-refractivity contribution is 9.10. The maximum absolute atomic E-state index is 12.3. The summed E-state index contributed by atoms with van der Waals surface area (Å²) in [5.74, 6) is -0.155. The number of nitrogen functional groups attached to an aromatic ring is 1. The summed E-state index contributed by atoms with van der Waals surface area (Å²) in [7, 11) is 0. The molecule has 0 aliphatic heterocycles. The van der Waals surface area contributed by atoms with Gasteiger partial charge in [-0.3, -0.25) is 4.79 Å².